The molecule has 0 N–H and O–H groups in total. The molecule has 0 atom stereocenters. The van der Waals surface area contributed by atoms with Crippen molar-refractivity contribution in [3.05, 3.63) is 29.3 Å². The Labute approximate surface area is 145 Å². The molecule has 1 aromatic carbocycles. The monoisotopic (exact) mass is 334 g/mol. The maximum Gasteiger partial charge on any atom is 0.410 e. The molecule has 134 valence electrons. The number of fused-ring (bicyclic) bond motifs is 1. The molecule has 0 radical (unpaired) electrons. The number of hydrogen-bond acceptors (Lipinski definition) is 4. The fraction of sp³-hybridized carbons (Fsp3) is 0.632. The minimum atomic E-state index is -0.457. The van der Waals surface area contributed by atoms with Crippen molar-refractivity contribution < 1.29 is 14.3 Å². The van der Waals surface area contributed by atoms with Crippen LogP contribution in [-0.4, -0.2) is 55.3 Å². The molecule has 0 bridgehead atoms. The van der Waals surface area contributed by atoms with Gasteiger partial charge >= 0.3 is 6.09 Å². The Kier molecular flexibility index (Phi) is 6.10. The Morgan fingerprint density at radius 1 is 1.25 bits per heavy atom. The Morgan fingerprint density at radius 3 is 2.67 bits per heavy atom. The topological polar surface area (TPSA) is 42.0 Å². The number of rotatable bonds is 5. The van der Waals surface area contributed by atoms with E-state index in [4.69, 9.17) is 9.47 Å². The first-order valence-electron chi connectivity index (χ1n) is 8.62. The summed E-state index contributed by atoms with van der Waals surface area (Å²) < 4.78 is 11.3. The van der Waals surface area contributed by atoms with Gasteiger partial charge in [0.2, 0.25) is 0 Å². The molecule has 0 aliphatic carbocycles. The van der Waals surface area contributed by atoms with Crippen LogP contribution in [0.25, 0.3) is 0 Å². The minimum Gasteiger partial charge on any atom is -0.494 e. The third-order valence-electron chi connectivity index (χ3n) is 3.86. The average molecular weight is 334 g/mol. The van der Waals surface area contributed by atoms with Crippen LogP contribution in [0.4, 0.5) is 4.79 Å². The molecule has 1 aromatic rings. The lowest BCUT2D eigenvalue weighted by atomic mass is 10.00. The molecule has 0 fully saturated rings. The summed E-state index contributed by atoms with van der Waals surface area (Å²) in [6.45, 7) is 8.71. The fourth-order valence-electron chi connectivity index (χ4n) is 2.67. The highest BCUT2D eigenvalue weighted by molar-refractivity contribution is 5.68. The SMILES string of the molecule is CN(C)CCCOc1ccc2c(c1)CCN(C(=O)OC(C)(C)C)C2. The number of hydrogen-bond donors (Lipinski definition) is 0. The van der Waals surface area contributed by atoms with Gasteiger partial charge in [0.05, 0.1) is 6.61 Å². The van der Waals surface area contributed by atoms with Crippen LogP contribution >= 0.6 is 0 Å². The number of nitrogens with zero attached hydrogens (tertiary/aromatic N) is 2. The van der Waals surface area contributed by atoms with Crippen molar-refractivity contribution >= 4 is 6.09 Å². The Bertz CT molecular complexity index is 564. The van der Waals surface area contributed by atoms with E-state index in [1.54, 1.807) is 4.90 Å². The lowest BCUT2D eigenvalue weighted by molar-refractivity contribution is 0.0224. The van der Waals surface area contributed by atoms with Crippen molar-refractivity contribution in [1.82, 2.24) is 9.80 Å². The van der Waals surface area contributed by atoms with Gasteiger partial charge in [-0.1, -0.05) is 6.07 Å². The summed E-state index contributed by atoms with van der Waals surface area (Å²) in [5.41, 5.74) is 1.98. The molecule has 0 saturated heterocycles. The van der Waals surface area contributed by atoms with E-state index < -0.39 is 5.60 Å². The summed E-state index contributed by atoms with van der Waals surface area (Å²) in [6.07, 6.45) is 1.61. The first-order valence-corrected chi connectivity index (χ1v) is 8.62. The van der Waals surface area contributed by atoms with Crippen molar-refractivity contribution in [2.24, 2.45) is 0 Å². The summed E-state index contributed by atoms with van der Waals surface area (Å²) >= 11 is 0. The number of carbonyl (C=O) groups is 1. The van der Waals surface area contributed by atoms with E-state index in [-0.39, 0.29) is 6.09 Å². The summed E-state index contributed by atoms with van der Waals surface area (Å²) in [6, 6.07) is 6.16. The second-order valence-electron chi connectivity index (χ2n) is 7.59. The van der Waals surface area contributed by atoms with Crippen molar-refractivity contribution in [2.45, 2.75) is 45.8 Å². The van der Waals surface area contributed by atoms with Crippen LogP contribution in [0.5, 0.6) is 5.75 Å². The van der Waals surface area contributed by atoms with Gasteiger partial charge < -0.3 is 19.3 Å². The Balaban J connectivity index is 1.90. The van der Waals surface area contributed by atoms with Crippen molar-refractivity contribution in [3.63, 3.8) is 0 Å². The van der Waals surface area contributed by atoms with E-state index in [2.05, 4.69) is 31.1 Å². The van der Waals surface area contributed by atoms with Crippen molar-refractivity contribution in [1.29, 1.82) is 0 Å². The van der Waals surface area contributed by atoms with Crippen molar-refractivity contribution in [3.8, 4) is 5.75 Å². The predicted molar refractivity (Wildman–Crippen MR) is 95.5 cm³/mol. The second-order valence-corrected chi connectivity index (χ2v) is 7.59. The molecule has 5 heteroatoms. The number of amides is 1. The first kappa shape index (κ1) is 18.6. The standard InChI is InChI=1S/C19H30N2O3/c1-19(2,3)24-18(22)21-11-9-15-13-17(8-7-16(15)14-21)23-12-6-10-20(4)5/h7-8,13H,6,9-12,14H2,1-5H3. The largest absolute Gasteiger partial charge is 0.494 e. The zero-order valence-electron chi connectivity index (χ0n) is 15.6. The highest BCUT2D eigenvalue weighted by Gasteiger charge is 2.25. The van der Waals surface area contributed by atoms with E-state index in [0.717, 1.165) is 31.7 Å². The Hall–Kier alpha value is -1.75. The maximum atomic E-state index is 12.2. The molecule has 0 spiro atoms. The summed E-state index contributed by atoms with van der Waals surface area (Å²) in [5, 5.41) is 0. The van der Waals surface area contributed by atoms with Crippen molar-refractivity contribution in [2.75, 3.05) is 33.8 Å². The van der Waals surface area contributed by atoms with Gasteiger partial charge in [0.25, 0.3) is 0 Å². The van der Waals surface area contributed by atoms with Gasteiger partial charge in [-0.3, -0.25) is 0 Å². The normalized spacial score (nSPS) is 14.5. The van der Waals surface area contributed by atoms with Crippen LogP contribution in [-0.2, 0) is 17.7 Å². The molecular weight excluding hydrogens is 304 g/mol. The van der Waals surface area contributed by atoms with E-state index in [1.165, 1.54) is 11.1 Å². The Morgan fingerprint density at radius 2 is 2.00 bits per heavy atom. The minimum absolute atomic E-state index is 0.239. The van der Waals surface area contributed by atoms with Crippen LogP contribution < -0.4 is 4.74 Å². The lowest BCUT2D eigenvalue weighted by Gasteiger charge is -2.31. The number of benzene rings is 1. The quantitative estimate of drug-likeness (QED) is 0.775. The van der Waals surface area contributed by atoms with E-state index in [1.807, 2.05) is 26.8 Å². The smallest absolute Gasteiger partial charge is 0.410 e. The molecule has 24 heavy (non-hydrogen) atoms. The van der Waals surface area contributed by atoms with Crippen LogP contribution in [0, 0.1) is 0 Å². The van der Waals surface area contributed by atoms with Gasteiger partial charge in [-0.25, -0.2) is 4.79 Å². The second kappa shape index (κ2) is 7.88. The van der Waals surface area contributed by atoms with Gasteiger partial charge in [-0.05, 0) is 71.0 Å². The molecule has 0 aromatic heterocycles. The number of carbonyl (C=O) groups excluding carboxylic acids is 1. The number of ether oxygens (including phenoxy) is 2. The molecule has 5 nitrogen and oxygen atoms in total. The zero-order chi connectivity index (χ0) is 17.7. The highest BCUT2D eigenvalue weighted by Crippen LogP contribution is 2.25. The fourth-order valence-corrected chi connectivity index (χ4v) is 2.67. The van der Waals surface area contributed by atoms with Gasteiger partial charge in [0.15, 0.2) is 0 Å². The molecule has 1 amide bonds. The molecule has 0 saturated carbocycles. The van der Waals surface area contributed by atoms with Gasteiger partial charge in [0, 0.05) is 19.6 Å². The lowest BCUT2D eigenvalue weighted by Crippen LogP contribution is -2.39. The average Bonchev–Trinajstić information content (AvgIpc) is 2.49. The predicted octanol–water partition coefficient (Wildman–Crippen LogP) is 3.31. The van der Waals surface area contributed by atoms with Gasteiger partial charge in [-0.15, -0.1) is 0 Å². The van der Waals surface area contributed by atoms with Gasteiger partial charge in [0.1, 0.15) is 11.4 Å². The van der Waals surface area contributed by atoms with E-state index in [9.17, 15) is 4.79 Å². The molecule has 1 aliphatic rings. The molecular formula is C19H30N2O3. The van der Waals surface area contributed by atoms with E-state index in [0.29, 0.717) is 13.1 Å². The summed E-state index contributed by atoms with van der Waals surface area (Å²) in [7, 11) is 4.13. The molecule has 1 aliphatic heterocycles. The van der Waals surface area contributed by atoms with Crippen LogP contribution in [0.3, 0.4) is 0 Å². The zero-order valence-corrected chi connectivity index (χ0v) is 15.6. The third kappa shape index (κ3) is 5.71. The summed E-state index contributed by atoms with van der Waals surface area (Å²) in [5.74, 6) is 0.915. The first-order chi connectivity index (χ1) is 11.2. The molecule has 2 rings (SSSR count). The van der Waals surface area contributed by atoms with Crippen LogP contribution in [0.1, 0.15) is 38.3 Å². The summed E-state index contributed by atoms with van der Waals surface area (Å²) in [4.78, 5) is 16.1. The molecule has 1 heterocycles. The third-order valence-corrected chi connectivity index (χ3v) is 3.86. The van der Waals surface area contributed by atoms with Crippen LogP contribution in [0.15, 0.2) is 18.2 Å². The highest BCUT2D eigenvalue weighted by atomic mass is 16.6. The van der Waals surface area contributed by atoms with Crippen LogP contribution in [0.2, 0.25) is 0 Å². The van der Waals surface area contributed by atoms with Gasteiger partial charge in [-0.2, -0.15) is 0 Å². The maximum absolute atomic E-state index is 12.2. The van der Waals surface area contributed by atoms with E-state index >= 15 is 0 Å². The molecule has 0 unspecified atom stereocenters.